The number of carbonyl (C=O) groups excluding carboxylic acids is 1. The van der Waals surface area contributed by atoms with E-state index in [-0.39, 0.29) is 11.5 Å². The van der Waals surface area contributed by atoms with Crippen LogP contribution in [0.5, 0.6) is 11.5 Å². The Hall–Kier alpha value is -3.61. The van der Waals surface area contributed by atoms with Gasteiger partial charge in [0.1, 0.15) is 11.5 Å². The van der Waals surface area contributed by atoms with Gasteiger partial charge in [-0.25, -0.2) is 4.98 Å². The molecular formula is C22H23N3O4. The van der Waals surface area contributed by atoms with Crippen LogP contribution in [0.2, 0.25) is 0 Å². The summed E-state index contributed by atoms with van der Waals surface area (Å²) < 4.78 is 12.0. The van der Waals surface area contributed by atoms with Crippen LogP contribution in [0, 0.1) is 0 Å². The average Bonchev–Trinajstić information content (AvgIpc) is 2.75. The summed E-state index contributed by atoms with van der Waals surface area (Å²) in [6, 6.07) is 15.7. The summed E-state index contributed by atoms with van der Waals surface area (Å²) >= 11 is 0. The van der Waals surface area contributed by atoms with Crippen LogP contribution in [-0.4, -0.2) is 35.7 Å². The number of aromatic nitrogens is 2. The van der Waals surface area contributed by atoms with Crippen molar-refractivity contribution < 1.29 is 14.3 Å². The van der Waals surface area contributed by atoms with E-state index in [2.05, 4.69) is 10.3 Å². The fourth-order valence-electron chi connectivity index (χ4n) is 2.77. The van der Waals surface area contributed by atoms with Gasteiger partial charge in [0, 0.05) is 30.3 Å². The molecule has 0 saturated heterocycles. The normalized spacial score (nSPS) is 10.4. The van der Waals surface area contributed by atoms with Crippen molar-refractivity contribution in [2.24, 2.45) is 0 Å². The van der Waals surface area contributed by atoms with Crippen LogP contribution in [0.4, 0.5) is 0 Å². The Morgan fingerprint density at radius 1 is 1.07 bits per heavy atom. The molecule has 2 aromatic carbocycles. The summed E-state index contributed by atoms with van der Waals surface area (Å²) in [7, 11) is 1.60. The number of rotatable bonds is 8. The first-order chi connectivity index (χ1) is 14.1. The molecule has 0 aliphatic heterocycles. The van der Waals surface area contributed by atoms with E-state index in [0.29, 0.717) is 31.0 Å². The summed E-state index contributed by atoms with van der Waals surface area (Å²) in [4.78, 5) is 28.9. The van der Waals surface area contributed by atoms with Gasteiger partial charge in [0.15, 0.2) is 0 Å². The molecule has 0 radical (unpaired) electrons. The standard InChI is InChI=1S/C22H23N3O4/c1-3-29-19-10-6-17(7-11-19)22(27)23-12-13-25-15-24-20(14-21(25)26)16-4-8-18(28-2)9-5-16/h4-11,14-15H,3,12-13H2,1-2H3,(H,23,27). The molecule has 0 aliphatic rings. The predicted molar refractivity (Wildman–Crippen MR) is 110 cm³/mol. The van der Waals surface area contributed by atoms with E-state index in [1.54, 1.807) is 31.4 Å². The molecular weight excluding hydrogens is 370 g/mol. The van der Waals surface area contributed by atoms with E-state index >= 15 is 0 Å². The van der Waals surface area contributed by atoms with Crippen molar-refractivity contribution in [2.45, 2.75) is 13.5 Å². The second kappa shape index (κ2) is 9.54. The fourth-order valence-corrected chi connectivity index (χ4v) is 2.77. The quantitative estimate of drug-likeness (QED) is 0.636. The molecule has 7 nitrogen and oxygen atoms in total. The summed E-state index contributed by atoms with van der Waals surface area (Å²) in [6.07, 6.45) is 1.49. The molecule has 0 saturated carbocycles. The van der Waals surface area contributed by atoms with Crippen LogP contribution in [0.25, 0.3) is 11.3 Å². The number of ether oxygens (including phenoxy) is 2. The highest BCUT2D eigenvalue weighted by Crippen LogP contribution is 2.19. The Kier molecular flexibility index (Phi) is 6.63. The van der Waals surface area contributed by atoms with Crippen LogP contribution in [0.15, 0.2) is 65.7 Å². The van der Waals surface area contributed by atoms with Gasteiger partial charge in [-0.05, 0) is 55.5 Å². The van der Waals surface area contributed by atoms with E-state index in [1.807, 2.05) is 31.2 Å². The van der Waals surface area contributed by atoms with Crippen LogP contribution in [0.1, 0.15) is 17.3 Å². The molecule has 3 rings (SSSR count). The van der Waals surface area contributed by atoms with Crippen molar-refractivity contribution in [2.75, 3.05) is 20.3 Å². The maximum absolute atomic E-state index is 12.4. The van der Waals surface area contributed by atoms with Gasteiger partial charge in [0.05, 0.1) is 25.7 Å². The highest BCUT2D eigenvalue weighted by Gasteiger charge is 2.07. The Labute approximate surface area is 168 Å². The lowest BCUT2D eigenvalue weighted by molar-refractivity contribution is 0.0952. The minimum absolute atomic E-state index is 0.180. The zero-order valence-corrected chi connectivity index (χ0v) is 16.4. The van der Waals surface area contributed by atoms with Crippen molar-refractivity contribution in [3.63, 3.8) is 0 Å². The summed E-state index contributed by atoms with van der Waals surface area (Å²) in [6.45, 7) is 3.12. The van der Waals surface area contributed by atoms with E-state index in [9.17, 15) is 9.59 Å². The number of carbonyl (C=O) groups is 1. The van der Waals surface area contributed by atoms with Crippen LogP contribution in [0.3, 0.4) is 0 Å². The van der Waals surface area contributed by atoms with Crippen molar-refractivity contribution in [3.05, 3.63) is 76.8 Å². The molecule has 0 bridgehead atoms. The molecule has 0 aliphatic carbocycles. The third kappa shape index (κ3) is 5.22. The Morgan fingerprint density at radius 3 is 2.38 bits per heavy atom. The fraction of sp³-hybridized carbons (Fsp3) is 0.227. The van der Waals surface area contributed by atoms with Gasteiger partial charge in [-0.2, -0.15) is 0 Å². The predicted octanol–water partition coefficient (Wildman–Crippen LogP) is 2.75. The Morgan fingerprint density at radius 2 is 1.76 bits per heavy atom. The van der Waals surface area contributed by atoms with Crippen LogP contribution >= 0.6 is 0 Å². The highest BCUT2D eigenvalue weighted by molar-refractivity contribution is 5.94. The van der Waals surface area contributed by atoms with E-state index in [1.165, 1.54) is 17.0 Å². The first-order valence-corrected chi connectivity index (χ1v) is 9.32. The second-order valence-electron chi connectivity index (χ2n) is 6.25. The van der Waals surface area contributed by atoms with E-state index < -0.39 is 0 Å². The number of nitrogens with one attached hydrogen (secondary N) is 1. The first-order valence-electron chi connectivity index (χ1n) is 9.32. The van der Waals surface area contributed by atoms with Gasteiger partial charge in [-0.3, -0.25) is 14.2 Å². The third-order valence-corrected chi connectivity index (χ3v) is 4.33. The lowest BCUT2D eigenvalue weighted by atomic mass is 10.1. The molecule has 1 amide bonds. The molecule has 0 unspecified atom stereocenters. The van der Waals surface area contributed by atoms with Gasteiger partial charge in [0.25, 0.3) is 11.5 Å². The summed E-state index contributed by atoms with van der Waals surface area (Å²) in [5, 5.41) is 2.80. The number of benzene rings is 2. The zero-order chi connectivity index (χ0) is 20.6. The van der Waals surface area contributed by atoms with Crippen molar-refractivity contribution in [3.8, 4) is 22.8 Å². The SMILES string of the molecule is CCOc1ccc(C(=O)NCCn2cnc(-c3ccc(OC)cc3)cc2=O)cc1. The van der Waals surface area contributed by atoms with Gasteiger partial charge >= 0.3 is 0 Å². The van der Waals surface area contributed by atoms with E-state index in [0.717, 1.165) is 17.1 Å². The molecule has 1 N–H and O–H groups in total. The maximum Gasteiger partial charge on any atom is 0.253 e. The molecule has 29 heavy (non-hydrogen) atoms. The minimum Gasteiger partial charge on any atom is -0.497 e. The summed E-state index contributed by atoms with van der Waals surface area (Å²) in [5.41, 5.74) is 1.78. The van der Waals surface area contributed by atoms with Gasteiger partial charge in [-0.15, -0.1) is 0 Å². The van der Waals surface area contributed by atoms with Crippen LogP contribution < -0.4 is 20.3 Å². The topological polar surface area (TPSA) is 82.4 Å². The molecule has 7 heteroatoms. The second-order valence-corrected chi connectivity index (χ2v) is 6.25. The van der Waals surface area contributed by atoms with Crippen LogP contribution in [-0.2, 0) is 6.54 Å². The number of nitrogens with zero attached hydrogens (tertiary/aromatic N) is 2. The molecule has 3 aromatic rings. The molecule has 1 heterocycles. The monoisotopic (exact) mass is 393 g/mol. The Balaban J connectivity index is 1.57. The molecule has 1 aromatic heterocycles. The summed E-state index contributed by atoms with van der Waals surface area (Å²) in [5.74, 6) is 1.26. The van der Waals surface area contributed by atoms with Crippen molar-refractivity contribution >= 4 is 5.91 Å². The maximum atomic E-state index is 12.4. The third-order valence-electron chi connectivity index (χ3n) is 4.33. The van der Waals surface area contributed by atoms with Gasteiger partial charge < -0.3 is 14.8 Å². The number of amides is 1. The van der Waals surface area contributed by atoms with Gasteiger partial charge in [0.2, 0.25) is 0 Å². The molecule has 0 spiro atoms. The smallest absolute Gasteiger partial charge is 0.253 e. The average molecular weight is 393 g/mol. The minimum atomic E-state index is -0.205. The lowest BCUT2D eigenvalue weighted by Gasteiger charge is -2.09. The van der Waals surface area contributed by atoms with Crippen molar-refractivity contribution in [1.82, 2.24) is 14.9 Å². The number of hydrogen-bond donors (Lipinski definition) is 1. The molecule has 150 valence electrons. The largest absolute Gasteiger partial charge is 0.497 e. The molecule has 0 fully saturated rings. The highest BCUT2D eigenvalue weighted by atomic mass is 16.5. The van der Waals surface area contributed by atoms with E-state index in [4.69, 9.17) is 9.47 Å². The zero-order valence-electron chi connectivity index (χ0n) is 16.4. The van der Waals surface area contributed by atoms with Gasteiger partial charge in [-0.1, -0.05) is 0 Å². The Bertz CT molecular complexity index is 1010. The number of methoxy groups -OCH3 is 1. The number of hydrogen-bond acceptors (Lipinski definition) is 5. The van der Waals surface area contributed by atoms with Crippen molar-refractivity contribution in [1.29, 1.82) is 0 Å². The lowest BCUT2D eigenvalue weighted by Crippen LogP contribution is -2.30. The first kappa shape index (κ1) is 20.1. The molecule has 0 atom stereocenters.